The summed E-state index contributed by atoms with van der Waals surface area (Å²) in [6.45, 7) is 2.67. The molecule has 12 heteroatoms. The molecular weight excluding hydrogens is 459 g/mol. The van der Waals surface area contributed by atoms with Crippen molar-refractivity contribution in [3.8, 4) is 0 Å². The lowest BCUT2D eigenvalue weighted by atomic mass is 10.0. The third-order valence-electron chi connectivity index (χ3n) is 4.38. The van der Waals surface area contributed by atoms with Gasteiger partial charge in [0.15, 0.2) is 0 Å². The Morgan fingerprint density at radius 1 is 1.31 bits per heavy atom. The molecule has 1 saturated heterocycles. The summed E-state index contributed by atoms with van der Waals surface area (Å²) < 4.78 is 0.307. The Labute approximate surface area is 184 Å². The Morgan fingerprint density at radius 2 is 1.93 bits per heavy atom. The topological polar surface area (TPSA) is 105 Å². The van der Waals surface area contributed by atoms with Crippen molar-refractivity contribution in [3.05, 3.63) is 43.5 Å². The summed E-state index contributed by atoms with van der Waals surface area (Å²) >= 11 is 14.2. The van der Waals surface area contributed by atoms with Gasteiger partial charge in [0.05, 0.1) is 19.9 Å². The molecule has 0 aliphatic carbocycles. The number of nitrogens with one attached hydrogen (secondary N) is 1. The van der Waals surface area contributed by atoms with Crippen LogP contribution in [0.3, 0.4) is 0 Å². The van der Waals surface area contributed by atoms with Gasteiger partial charge < -0.3 is 10.2 Å². The molecule has 8 nitrogen and oxygen atoms in total. The number of hydrogen-bond donors (Lipinski definition) is 1. The third-order valence-corrected chi connectivity index (χ3v) is 7.63. The van der Waals surface area contributed by atoms with Gasteiger partial charge in [-0.25, -0.2) is 0 Å². The van der Waals surface area contributed by atoms with E-state index in [0.717, 1.165) is 23.1 Å². The Hall–Kier alpha value is -1.88. The molecule has 1 aliphatic heterocycles. The van der Waals surface area contributed by atoms with Gasteiger partial charge >= 0.3 is 0 Å². The van der Waals surface area contributed by atoms with Crippen LogP contribution in [0.4, 0.5) is 5.69 Å². The van der Waals surface area contributed by atoms with Crippen LogP contribution < -0.4 is 5.32 Å². The number of rotatable bonds is 5. The van der Waals surface area contributed by atoms with Crippen molar-refractivity contribution >= 4 is 63.8 Å². The lowest BCUT2D eigenvalue weighted by Crippen LogP contribution is -2.45. The molecule has 2 aromatic heterocycles. The van der Waals surface area contributed by atoms with Crippen LogP contribution in [-0.4, -0.2) is 45.8 Å². The molecular formula is C17H16Cl2N4O4S2. The fraction of sp³-hybridized carbons (Fsp3) is 0.353. The summed E-state index contributed by atoms with van der Waals surface area (Å²) in [5, 5.41) is 14.9. The van der Waals surface area contributed by atoms with Gasteiger partial charge in [-0.3, -0.25) is 24.7 Å². The van der Waals surface area contributed by atoms with Crippen LogP contribution in [0.2, 0.25) is 10.0 Å². The molecule has 1 aliphatic rings. The average Bonchev–Trinajstić information content (AvgIpc) is 3.10. The first kappa shape index (κ1) is 21.8. The van der Waals surface area contributed by atoms with Crippen molar-refractivity contribution in [2.24, 2.45) is 0 Å². The normalized spacial score (nSPS) is 14.7. The van der Waals surface area contributed by atoms with Gasteiger partial charge in [0, 0.05) is 44.5 Å². The van der Waals surface area contributed by atoms with E-state index >= 15 is 0 Å². The number of likely N-dealkylation sites (tertiary alicyclic amines) is 1. The number of aromatic nitrogens is 1. The molecule has 0 saturated carbocycles. The predicted molar refractivity (Wildman–Crippen MR) is 112 cm³/mol. The maximum Gasteiger partial charge on any atom is 0.294 e. The summed E-state index contributed by atoms with van der Waals surface area (Å²) in [6.07, 6.45) is 4.08. The number of nitro groups is 1. The van der Waals surface area contributed by atoms with Crippen LogP contribution in [-0.2, 0) is 4.79 Å². The second kappa shape index (κ2) is 9.29. The van der Waals surface area contributed by atoms with E-state index in [1.807, 2.05) is 0 Å². The molecule has 0 aromatic carbocycles. The van der Waals surface area contributed by atoms with E-state index in [9.17, 15) is 19.7 Å². The van der Waals surface area contributed by atoms with Crippen molar-refractivity contribution in [2.45, 2.75) is 34.9 Å². The predicted octanol–water partition coefficient (Wildman–Crippen LogP) is 4.25. The zero-order valence-corrected chi connectivity index (χ0v) is 18.3. The lowest BCUT2D eigenvalue weighted by Gasteiger charge is -2.31. The Kier molecular flexibility index (Phi) is 6.99. The minimum Gasteiger partial charge on any atom is -0.348 e. The minimum absolute atomic E-state index is 0.0127. The summed E-state index contributed by atoms with van der Waals surface area (Å²) in [5.41, 5.74) is -0.180. The number of nitrogens with zero attached hydrogens (tertiary/aromatic N) is 3. The van der Waals surface area contributed by atoms with Crippen LogP contribution in [0.1, 0.15) is 29.4 Å². The van der Waals surface area contributed by atoms with E-state index in [1.165, 1.54) is 25.4 Å². The molecule has 0 bridgehead atoms. The molecule has 0 spiro atoms. The van der Waals surface area contributed by atoms with E-state index in [2.05, 4.69) is 10.3 Å². The van der Waals surface area contributed by atoms with E-state index in [4.69, 9.17) is 23.2 Å². The fourth-order valence-electron chi connectivity index (χ4n) is 2.86. The lowest BCUT2D eigenvalue weighted by molar-refractivity contribution is -0.387. The van der Waals surface area contributed by atoms with Crippen molar-refractivity contribution in [1.82, 2.24) is 15.2 Å². The standard InChI is InChI=1S/C17H16Cl2N4O4S2/c1-9(24)22-4-2-10(3-5-22)21-16(25)14-6-13(23(26)27)17(28-14)29-15-11(18)7-20-8-12(15)19/h6-8,10H,2-5H2,1H3,(H,21,25). The van der Waals surface area contributed by atoms with Gasteiger partial charge in [-0.15, -0.1) is 11.3 Å². The summed E-state index contributed by atoms with van der Waals surface area (Å²) in [4.78, 5) is 41.2. The summed E-state index contributed by atoms with van der Waals surface area (Å²) in [5.74, 6) is -0.364. The second-order valence-corrected chi connectivity index (χ2v) is 9.47. The molecule has 0 unspecified atom stereocenters. The Morgan fingerprint density at radius 3 is 2.48 bits per heavy atom. The largest absolute Gasteiger partial charge is 0.348 e. The number of piperidine rings is 1. The SMILES string of the molecule is CC(=O)N1CCC(NC(=O)c2cc([N+](=O)[O-])c(Sc3c(Cl)cncc3Cl)s2)CC1. The molecule has 0 radical (unpaired) electrons. The highest BCUT2D eigenvalue weighted by atomic mass is 35.5. The highest BCUT2D eigenvalue weighted by Gasteiger charge is 2.27. The Balaban J connectivity index is 1.75. The molecule has 2 amide bonds. The van der Waals surface area contributed by atoms with Crippen LogP contribution >= 0.6 is 46.3 Å². The maximum atomic E-state index is 12.6. The highest BCUT2D eigenvalue weighted by molar-refractivity contribution is 8.01. The smallest absolute Gasteiger partial charge is 0.294 e. The highest BCUT2D eigenvalue weighted by Crippen LogP contribution is 2.45. The zero-order chi connectivity index (χ0) is 21.1. The number of hydrogen-bond acceptors (Lipinski definition) is 7. The van der Waals surface area contributed by atoms with Crippen molar-refractivity contribution in [2.75, 3.05) is 13.1 Å². The van der Waals surface area contributed by atoms with Crippen LogP contribution in [0.25, 0.3) is 0 Å². The Bertz CT molecular complexity index is 941. The molecule has 0 atom stereocenters. The molecule has 154 valence electrons. The number of amides is 2. The van der Waals surface area contributed by atoms with Gasteiger partial charge in [0.25, 0.3) is 11.6 Å². The first-order valence-electron chi connectivity index (χ1n) is 8.57. The average molecular weight is 475 g/mol. The molecule has 1 N–H and O–H groups in total. The van der Waals surface area contributed by atoms with E-state index in [0.29, 0.717) is 35.0 Å². The van der Waals surface area contributed by atoms with Crippen molar-refractivity contribution in [1.29, 1.82) is 0 Å². The number of carbonyl (C=O) groups excluding carboxylic acids is 2. The summed E-state index contributed by atoms with van der Waals surface area (Å²) in [7, 11) is 0. The van der Waals surface area contributed by atoms with Crippen molar-refractivity contribution < 1.29 is 14.5 Å². The van der Waals surface area contributed by atoms with Crippen LogP contribution in [0.15, 0.2) is 27.6 Å². The first-order valence-corrected chi connectivity index (χ1v) is 11.0. The minimum atomic E-state index is -0.538. The van der Waals surface area contributed by atoms with E-state index in [1.54, 1.807) is 4.90 Å². The summed E-state index contributed by atoms with van der Waals surface area (Å²) in [6, 6.07) is 1.18. The maximum absolute atomic E-state index is 12.6. The number of pyridine rings is 1. The second-order valence-electron chi connectivity index (χ2n) is 6.33. The van der Waals surface area contributed by atoms with Gasteiger partial charge in [-0.1, -0.05) is 35.0 Å². The van der Waals surface area contributed by atoms with Gasteiger partial charge in [-0.2, -0.15) is 0 Å². The molecule has 2 aromatic rings. The molecule has 29 heavy (non-hydrogen) atoms. The first-order chi connectivity index (χ1) is 13.8. The fourth-order valence-corrected chi connectivity index (χ4v) is 5.63. The zero-order valence-electron chi connectivity index (χ0n) is 15.2. The quantitative estimate of drug-likeness (QED) is 0.512. The number of halogens is 2. The molecule has 3 rings (SSSR count). The third kappa shape index (κ3) is 5.19. The van der Waals surface area contributed by atoms with Crippen molar-refractivity contribution in [3.63, 3.8) is 0 Å². The molecule has 1 fully saturated rings. The van der Waals surface area contributed by atoms with Gasteiger partial charge in [0.1, 0.15) is 9.09 Å². The van der Waals surface area contributed by atoms with Gasteiger partial charge in [-0.05, 0) is 12.8 Å². The monoisotopic (exact) mass is 474 g/mol. The van der Waals surface area contributed by atoms with Crippen LogP contribution in [0.5, 0.6) is 0 Å². The van der Waals surface area contributed by atoms with Gasteiger partial charge in [0.2, 0.25) is 5.91 Å². The van der Waals surface area contributed by atoms with E-state index < -0.39 is 4.92 Å². The van der Waals surface area contributed by atoms with Crippen LogP contribution in [0, 0.1) is 10.1 Å². The molecule has 3 heterocycles. The van der Waals surface area contributed by atoms with E-state index in [-0.39, 0.29) is 38.5 Å². The number of thiophene rings is 1. The number of carbonyl (C=O) groups is 2.